The number of fused-ring (bicyclic) bond motifs is 3. The number of ether oxygens (including phenoxy) is 2. The molecule has 0 fully saturated rings. The van der Waals surface area contributed by atoms with Crippen LogP contribution >= 0.6 is 0 Å². The van der Waals surface area contributed by atoms with Crippen molar-refractivity contribution in [2.75, 3.05) is 13.2 Å². The Hall–Kier alpha value is -3.83. The summed E-state index contributed by atoms with van der Waals surface area (Å²) < 4.78 is 43.0. The monoisotopic (exact) mass is 617 g/mol. The van der Waals surface area contributed by atoms with Crippen LogP contribution in [0.25, 0.3) is 11.0 Å². The van der Waals surface area contributed by atoms with E-state index in [0.29, 0.717) is 13.0 Å². The van der Waals surface area contributed by atoms with Gasteiger partial charge in [0.2, 0.25) is 15.9 Å². The molecule has 2 aromatic carbocycles. The number of aromatic nitrogens is 4. The first-order valence-corrected chi connectivity index (χ1v) is 16.8. The van der Waals surface area contributed by atoms with E-state index in [2.05, 4.69) is 27.4 Å². The Balaban J connectivity index is 1.46. The van der Waals surface area contributed by atoms with Crippen molar-refractivity contribution in [2.45, 2.75) is 83.3 Å². The highest BCUT2D eigenvalue weighted by Gasteiger charge is 2.36. The van der Waals surface area contributed by atoms with Crippen LogP contribution < -0.4 is 4.74 Å². The summed E-state index contributed by atoms with van der Waals surface area (Å²) in [5.74, 6) is -0.422. The summed E-state index contributed by atoms with van der Waals surface area (Å²) in [7, 11) is -2.03. The number of carbonyl (C=O) groups excluding carboxylic acids is 1. The molecule has 0 amide bonds. The number of rotatable bonds is 8. The summed E-state index contributed by atoms with van der Waals surface area (Å²) in [5.41, 5.74) is 8.74. The largest absolute Gasteiger partial charge is 0.472 e. The van der Waals surface area contributed by atoms with Crippen LogP contribution in [0.3, 0.4) is 0 Å². The van der Waals surface area contributed by atoms with Crippen LogP contribution in [0.2, 0.25) is 0 Å². The zero-order valence-corrected chi connectivity index (χ0v) is 26.8. The number of sulfonamides is 1. The summed E-state index contributed by atoms with van der Waals surface area (Å²) >= 11 is 0. The third-order valence-electron chi connectivity index (χ3n) is 8.92. The molecule has 2 atom stereocenters. The minimum atomic E-state index is -3.89. The minimum absolute atomic E-state index is 0.106. The Morgan fingerprint density at radius 3 is 2.75 bits per heavy atom. The van der Waals surface area contributed by atoms with E-state index in [4.69, 9.17) is 9.47 Å². The number of hydrogen-bond donors (Lipinski definition) is 0. The van der Waals surface area contributed by atoms with Gasteiger partial charge in [-0.2, -0.15) is 4.31 Å². The number of aryl methyl sites for hydroxylation is 4. The van der Waals surface area contributed by atoms with Gasteiger partial charge >= 0.3 is 5.97 Å². The minimum Gasteiger partial charge on any atom is -0.472 e. The molecule has 2 aliphatic rings. The maximum Gasteiger partial charge on any atom is 0.306 e. The maximum atomic E-state index is 14.1. The zero-order chi connectivity index (χ0) is 31.2. The van der Waals surface area contributed by atoms with Crippen molar-refractivity contribution < 1.29 is 22.7 Å². The Kier molecular flexibility index (Phi) is 8.19. The van der Waals surface area contributed by atoms with Gasteiger partial charge in [-0.15, -0.1) is 5.10 Å². The van der Waals surface area contributed by atoms with Gasteiger partial charge in [0.1, 0.15) is 16.5 Å². The molecule has 0 N–H and O–H groups in total. The van der Waals surface area contributed by atoms with E-state index in [0.717, 1.165) is 58.1 Å². The summed E-state index contributed by atoms with van der Waals surface area (Å²) in [6, 6.07) is 9.99. The normalized spacial score (nSPS) is 18.3. The van der Waals surface area contributed by atoms with Crippen LogP contribution in [0.5, 0.6) is 5.88 Å². The number of pyridine rings is 1. The van der Waals surface area contributed by atoms with Gasteiger partial charge in [0, 0.05) is 25.7 Å². The highest BCUT2D eigenvalue weighted by Crippen LogP contribution is 2.39. The molecule has 0 bridgehead atoms. The fraction of sp³-hybridized carbons (Fsp3) is 0.455. The first kappa shape index (κ1) is 30.2. The first-order chi connectivity index (χ1) is 21.1. The van der Waals surface area contributed by atoms with Gasteiger partial charge < -0.3 is 9.47 Å². The van der Waals surface area contributed by atoms with Gasteiger partial charge in [-0.25, -0.2) is 18.1 Å². The third kappa shape index (κ3) is 5.47. The first-order valence-electron chi connectivity index (χ1n) is 15.3. The van der Waals surface area contributed by atoms with Crippen molar-refractivity contribution in [3.05, 3.63) is 75.5 Å². The molecule has 6 rings (SSSR count). The molecule has 0 radical (unpaired) electrons. The Morgan fingerprint density at radius 1 is 1.16 bits per heavy atom. The van der Waals surface area contributed by atoms with Crippen LogP contribution in [0.15, 0.2) is 41.4 Å². The quantitative estimate of drug-likeness (QED) is 0.256. The van der Waals surface area contributed by atoms with Gasteiger partial charge in [-0.05, 0) is 97.5 Å². The molecule has 3 heterocycles. The highest BCUT2D eigenvalue weighted by atomic mass is 32.2. The lowest BCUT2D eigenvalue weighted by Crippen LogP contribution is -2.36. The third-order valence-corrected chi connectivity index (χ3v) is 10.7. The van der Waals surface area contributed by atoms with E-state index in [1.54, 1.807) is 28.2 Å². The zero-order valence-electron chi connectivity index (χ0n) is 26.0. The second-order valence-electron chi connectivity index (χ2n) is 11.9. The smallest absolute Gasteiger partial charge is 0.306 e. The van der Waals surface area contributed by atoms with Gasteiger partial charge in [-0.3, -0.25) is 4.79 Å². The highest BCUT2D eigenvalue weighted by molar-refractivity contribution is 7.89. The Bertz CT molecular complexity index is 1850. The molecular formula is C33H39N5O5S. The average Bonchev–Trinajstić information content (AvgIpc) is 3.61. The predicted octanol–water partition coefficient (Wildman–Crippen LogP) is 4.92. The van der Waals surface area contributed by atoms with Crippen molar-refractivity contribution in [1.82, 2.24) is 24.3 Å². The molecule has 1 aliphatic carbocycles. The van der Waals surface area contributed by atoms with Crippen LogP contribution in [-0.2, 0) is 46.0 Å². The van der Waals surface area contributed by atoms with Crippen molar-refractivity contribution in [3.8, 4) is 5.88 Å². The van der Waals surface area contributed by atoms with Crippen LogP contribution in [-0.4, -0.2) is 57.9 Å². The van der Waals surface area contributed by atoms with Crippen molar-refractivity contribution in [2.24, 2.45) is 7.05 Å². The molecule has 1 aliphatic heterocycles. The predicted molar refractivity (Wildman–Crippen MR) is 166 cm³/mol. The van der Waals surface area contributed by atoms with Crippen molar-refractivity contribution in [3.63, 3.8) is 0 Å². The maximum absolute atomic E-state index is 14.1. The van der Waals surface area contributed by atoms with E-state index in [1.165, 1.54) is 11.1 Å². The van der Waals surface area contributed by atoms with Crippen LogP contribution in [0, 0.1) is 13.8 Å². The molecular weight excluding hydrogens is 578 g/mol. The molecule has 4 aromatic rings. The fourth-order valence-corrected chi connectivity index (χ4v) is 8.21. The number of benzene rings is 2. The van der Waals surface area contributed by atoms with E-state index in [9.17, 15) is 13.2 Å². The van der Waals surface area contributed by atoms with Crippen molar-refractivity contribution in [1.29, 1.82) is 0 Å². The molecule has 0 saturated carbocycles. The van der Waals surface area contributed by atoms with E-state index >= 15 is 0 Å². The molecule has 0 saturated heterocycles. The van der Waals surface area contributed by atoms with Gasteiger partial charge in [0.05, 0.1) is 25.1 Å². The van der Waals surface area contributed by atoms with Crippen LogP contribution in [0.4, 0.5) is 0 Å². The second-order valence-corrected chi connectivity index (χ2v) is 13.8. The summed E-state index contributed by atoms with van der Waals surface area (Å²) in [6.07, 6.45) is 4.90. The topological polar surface area (TPSA) is 117 Å². The van der Waals surface area contributed by atoms with E-state index in [-0.39, 0.29) is 48.3 Å². The SMILES string of the molecule is CCOC(=O)C[C@H](c1cc2c(c(CN3C[C@H](CC)Oc4ncc(C)cc4S3(=O)=O)c1)CCC2)c1ccc2c(nnn2C)c1C. The standard InChI is InChI=1S/C33H39N5O5S/c1-6-25-19-38(44(40,41)30-13-20(3)17-34-33(30)43-25)18-24-15-23(14-22-9-8-10-27(22)24)28(16-31(39)42-7-2)26-11-12-29-32(21(26)4)35-36-37(29)5/h11-15,17,25,28H,6-10,16,18-19H2,1-5H3/t25-,28+/m0/s1. The Labute approximate surface area is 258 Å². The number of nitrogens with zero attached hydrogens (tertiary/aromatic N) is 5. The fourth-order valence-electron chi connectivity index (χ4n) is 6.60. The Morgan fingerprint density at radius 2 is 1.98 bits per heavy atom. The summed E-state index contributed by atoms with van der Waals surface area (Å²) in [5, 5.41) is 8.59. The van der Waals surface area contributed by atoms with Gasteiger partial charge in [-0.1, -0.05) is 30.3 Å². The average molecular weight is 618 g/mol. The lowest BCUT2D eigenvalue weighted by atomic mass is 9.83. The lowest BCUT2D eigenvalue weighted by molar-refractivity contribution is -0.143. The second kappa shape index (κ2) is 11.9. The summed E-state index contributed by atoms with van der Waals surface area (Å²) in [4.78, 5) is 17.4. The molecule has 2 aromatic heterocycles. The van der Waals surface area contributed by atoms with Crippen molar-refractivity contribution >= 4 is 27.0 Å². The van der Waals surface area contributed by atoms with Gasteiger partial charge in [0.15, 0.2) is 0 Å². The van der Waals surface area contributed by atoms with Gasteiger partial charge in [0.25, 0.3) is 0 Å². The molecule has 10 nitrogen and oxygen atoms in total. The van der Waals surface area contributed by atoms with E-state index < -0.39 is 10.0 Å². The molecule has 44 heavy (non-hydrogen) atoms. The van der Waals surface area contributed by atoms with Crippen LogP contribution in [0.1, 0.15) is 78.0 Å². The number of esters is 1. The number of hydrogen-bond acceptors (Lipinski definition) is 8. The summed E-state index contributed by atoms with van der Waals surface area (Å²) in [6.45, 7) is 8.37. The lowest BCUT2D eigenvalue weighted by Gasteiger charge is -2.26. The molecule has 232 valence electrons. The molecule has 0 spiro atoms. The molecule has 11 heteroatoms. The van der Waals surface area contributed by atoms with E-state index in [1.807, 2.05) is 40.0 Å². The number of carbonyl (C=O) groups is 1. The molecule has 0 unspecified atom stereocenters.